The molecule has 0 spiro atoms. The summed E-state index contributed by atoms with van der Waals surface area (Å²) in [5.74, 6) is 0. The van der Waals surface area contributed by atoms with E-state index in [0.29, 0.717) is 0 Å². The molecule has 49 valence electrons. The number of aryl methyl sites for hydroxylation is 1. The molecule has 1 radical (unpaired) electrons. The van der Waals surface area contributed by atoms with Gasteiger partial charge in [0.1, 0.15) is 0 Å². The summed E-state index contributed by atoms with van der Waals surface area (Å²) in [4.78, 5) is 3.92. The van der Waals surface area contributed by atoms with Crippen LogP contribution in [0.25, 0.3) is 6.08 Å². The van der Waals surface area contributed by atoms with Gasteiger partial charge < -0.3 is 0 Å². The number of allylic oxidation sites excluding steroid dienone is 1. The second kappa shape index (κ2) is 2.25. The average Bonchev–Trinajstić information content (AvgIpc) is 2.05. The lowest BCUT2D eigenvalue weighted by Gasteiger charge is -2.06. The van der Waals surface area contributed by atoms with Crippen molar-refractivity contribution in [2.24, 2.45) is 0 Å². The molecule has 0 aromatic carbocycles. The van der Waals surface area contributed by atoms with Crippen molar-refractivity contribution >= 4 is 6.08 Å². The lowest BCUT2D eigenvalue weighted by atomic mass is 10.0. The summed E-state index contributed by atoms with van der Waals surface area (Å²) in [5.41, 5.74) is 2.53. The molecule has 0 N–H and O–H groups in total. The molecule has 0 unspecified atom stereocenters. The topological polar surface area (TPSA) is 12.9 Å². The summed E-state index contributed by atoms with van der Waals surface area (Å²) in [6.07, 6.45) is 11.3. The molecule has 1 heterocycles. The van der Waals surface area contributed by atoms with Crippen LogP contribution in [0.2, 0.25) is 0 Å². The Balaban J connectivity index is 2.54. The summed E-state index contributed by atoms with van der Waals surface area (Å²) in [6, 6.07) is 2.06. The molecule has 1 heteroatoms. The Kier molecular flexibility index (Phi) is 1.28. The van der Waals surface area contributed by atoms with Gasteiger partial charge in [-0.1, -0.05) is 12.2 Å². The molecule has 1 aromatic heterocycles. The van der Waals surface area contributed by atoms with E-state index in [2.05, 4.69) is 29.4 Å². The van der Waals surface area contributed by atoms with Crippen molar-refractivity contribution in [3.8, 4) is 0 Å². The van der Waals surface area contributed by atoms with Crippen LogP contribution in [0.1, 0.15) is 17.5 Å². The van der Waals surface area contributed by atoms with Crippen LogP contribution in [0.3, 0.4) is 0 Å². The molecule has 1 aromatic rings. The van der Waals surface area contributed by atoms with E-state index >= 15 is 0 Å². The van der Waals surface area contributed by atoms with Gasteiger partial charge in [0.2, 0.25) is 0 Å². The predicted octanol–water partition coefficient (Wildman–Crippen LogP) is 1.84. The van der Waals surface area contributed by atoms with Crippen molar-refractivity contribution in [1.29, 1.82) is 0 Å². The molecule has 0 bridgehead atoms. The van der Waals surface area contributed by atoms with Crippen LogP contribution < -0.4 is 0 Å². The highest BCUT2D eigenvalue weighted by molar-refractivity contribution is 5.54. The van der Waals surface area contributed by atoms with Gasteiger partial charge in [0.25, 0.3) is 0 Å². The third-order valence-corrected chi connectivity index (χ3v) is 1.75. The third kappa shape index (κ3) is 0.838. The Hall–Kier alpha value is -1.11. The Morgan fingerprint density at radius 1 is 1.50 bits per heavy atom. The zero-order chi connectivity index (χ0) is 6.81. The first kappa shape index (κ1) is 5.66. The van der Waals surface area contributed by atoms with E-state index in [1.54, 1.807) is 6.20 Å². The Morgan fingerprint density at radius 2 is 2.50 bits per heavy atom. The summed E-state index contributed by atoms with van der Waals surface area (Å²) < 4.78 is 0. The summed E-state index contributed by atoms with van der Waals surface area (Å²) in [6.45, 7) is 0. The number of aromatic nitrogens is 1. The third-order valence-electron chi connectivity index (χ3n) is 1.75. The molecular weight excluding hydrogens is 122 g/mol. The van der Waals surface area contributed by atoms with Crippen LogP contribution in [-0.2, 0) is 6.42 Å². The van der Waals surface area contributed by atoms with Gasteiger partial charge in [0.05, 0.1) is 6.20 Å². The van der Waals surface area contributed by atoms with E-state index in [1.807, 2.05) is 0 Å². The number of nitrogens with zero attached hydrogens (tertiary/aromatic N) is 1. The molecule has 0 aliphatic heterocycles. The van der Waals surface area contributed by atoms with Gasteiger partial charge in [-0.25, -0.2) is 0 Å². The van der Waals surface area contributed by atoms with E-state index in [-0.39, 0.29) is 0 Å². The standard InChI is InChI=1S/C9H8N/c1-2-4-9-7-10-6-5-8(9)3-1/h2,4-6H,1,3H2. The van der Waals surface area contributed by atoms with Crippen LogP contribution in [0.5, 0.6) is 0 Å². The van der Waals surface area contributed by atoms with Gasteiger partial charge in [0, 0.05) is 11.8 Å². The van der Waals surface area contributed by atoms with Crippen LogP contribution in [0.4, 0.5) is 0 Å². The lowest BCUT2D eigenvalue weighted by molar-refractivity contribution is 0.975. The van der Waals surface area contributed by atoms with Crippen LogP contribution in [0.15, 0.2) is 18.3 Å². The maximum atomic E-state index is 3.92. The molecule has 2 rings (SSSR count). The fraction of sp³-hybridized carbons (Fsp3) is 0.222. The summed E-state index contributed by atoms with van der Waals surface area (Å²) >= 11 is 0. The molecule has 0 saturated carbocycles. The first-order chi connectivity index (χ1) is 4.97. The van der Waals surface area contributed by atoms with Crippen molar-refractivity contribution in [2.75, 3.05) is 0 Å². The van der Waals surface area contributed by atoms with E-state index in [4.69, 9.17) is 0 Å². The minimum atomic E-state index is 1.14. The molecule has 0 saturated heterocycles. The van der Waals surface area contributed by atoms with Crippen molar-refractivity contribution in [3.05, 3.63) is 35.7 Å². The predicted molar refractivity (Wildman–Crippen MR) is 40.4 cm³/mol. The molecule has 1 aliphatic carbocycles. The summed E-state index contributed by atoms with van der Waals surface area (Å²) in [7, 11) is 0. The van der Waals surface area contributed by atoms with Crippen molar-refractivity contribution in [2.45, 2.75) is 12.8 Å². The number of fused-ring (bicyclic) bond motifs is 1. The van der Waals surface area contributed by atoms with Gasteiger partial charge in [-0.05, 0) is 24.5 Å². The maximum Gasteiger partial charge on any atom is 0.0967 e. The van der Waals surface area contributed by atoms with Gasteiger partial charge in [-0.15, -0.1) is 0 Å². The minimum Gasteiger partial charge on any atom is -0.254 e. The van der Waals surface area contributed by atoms with Gasteiger partial charge >= 0.3 is 0 Å². The molecule has 1 nitrogen and oxygen atoms in total. The molecule has 10 heavy (non-hydrogen) atoms. The van der Waals surface area contributed by atoms with E-state index in [0.717, 1.165) is 18.4 Å². The van der Waals surface area contributed by atoms with Crippen molar-refractivity contribution < 1.29 is 0 Å². The molecule has 0 amide bonds. The number of hydrogen-bond donors (Lipinski definition) is 0. The van der Waals surface area contributed by atoms with Gasteiger partial charge in [-0.2, -0.15) is 0 Å². The molecule has 0 fully saturated rings. The maximum absolute atomic E-state index is 3.92. The first-order valence-corrected chi connectivity index (χ1v) is 3.49. The molecular formula is C9H8N. The Labute approximate surface area is 60.4 Å². The zero-order valence-electron chi connectivity index (χ0n) is 5.67. The zero-order valence-corrected chi connectivity index (χ0v) is 5.67. The monoisotopic (exact) mass is 130 g/mol. The number of rotatable bonds is 0. The minimum absolute atomic E-state index is 1.14. The van der Waals surface area contributed by atoms with E-state index in [9.17, 15) is 0 Å². The largest absolute Gasteiger partial charge is 0.254 e. The molecule has 0 atom stereocenters. The second-order valence-electron chi connectivity index (χ2n) is 2.44. The van der Waals surface area contributed by atoms with Crippen molar-refractivity contribution in [1.82, 2.24) is 4.98 Å². The number of hydrogen-bond acceptors (Lipinski definition) is 1. The second-order valence-corrected chi connectivity index (χ2v) is 2.44. The SMILES string of the molecule is [c]1nccc2c1C=CCC2. The normalized spacial score (nSPS) is 14.8. The van der Waals surface area contributed by atoms with Crippen molar-refractivity contribution in [3.63, 3.8) is 0 Å². The average molecular weight is 130 g/mol. The van der Waals surface area contributed by atoms with Gasteiger partial charge in [-0.3, -0.25) is 4.98 Å². The summed E-state index contributed by atoms with van der Waals surface area (Å²) in [5, 5.41) is 0. The van der Waals surface area contributed by atoms with Crippen LogP contribution in [-0.4, -0.2) is 4.98 Å². The first-order valence-electron chi connectivity index (χ1n) is 3.49. The van der Waals surface area contributed by atoms with Crippen LogP contribution >= 0.6 is 0 Å². The smallest absolute Gasteiger partial charge is 0.0967 e. The number of pyridine rings is 1. The molecule has 1 aliphatic rings. The van der Waals surface area contributed by atoms with E-state index < -0.39 is 0 Å². The fourth-order valence-electron chi connectivity index (χ4n) is 1.20. The Morgan fingerprint density at radius 3 is 3.40 bits per heavy atom. The highest BCUT2D eigenvalue weighted by atomic mass is 14.6. The van der Waals surface area contributed by atoms with Crippen LogP contribution in [0, 0.1) is 6.20 Å². The Bertz CT molecular complexity index is 263. The fourth-order valence-corrected chi connectivity index (χ4v) is 1.20. The highest BCUT2D eigenvalue weighted by Gasteiger charge is 2.01. The quantitative estimate of drug-likeness (QED) is 0.522. The lowest BCUT2D eigenvalue weighted by Crippen LogP contribution is -1.93. The highest BCUT2D eigenvalue weighted by Crippen LogP contribution is 2.15. The van der Waals surface area contributed by atoms with Gasteiger partial charge in [0.15, 0.2) is 0 Å². The van der Waals surface area contributed by atoms with E-state index in [1.165, 1.54) is 5.56 Å².